The molecule has 0 radical (unpaired) electrons. The highest BCUT2D eigenvalue weighted by molar-refractivity contribution is 7.99. The van der Waals surface area contributed by atoms with Gasteiger partial charge < -0.3 is 10.2 Å². The maximum atomic E-state index is 5.97. The van der Waals surface area contributed by atoms with E-state index in [1.807, 2.05) is 6.07 Å². The molecule has 3 N–H and O–H groups in total. The van der Waals surface area contributed by atoms with E-state index in [-0.39, 0.29) is 0 Å². The molecule has 0 aliphatic rings. The minimum atomic E-state index is 0.417. The number of nitrogens with two attached hydrogens (primary N) is 1. The molecule has 100 valence electrons. The molecule has 0 unspecified atom stereocenters. The number of anilines is 1. The first kappa shape index (κ1) is 14.2. The van der Waals surface area contributed by atoms with Crippen LogP contribution in [0.5, 0.6) is 5.75 Å². The highest BCUT2D eigenvalue weighted by Gasteiger charge is 2.13. The second-order valence-electron chi connectivity index (χ2n) is 3.38. The van der Waals surface area contributed by atoms with Gasteiger partial charge in [0.05, 0.1) is 17.2 Å². The van der Waals surface area contributed by atoms with Crippen molar-refractivity contribution in [2.24, 2.45) is 5.84 Å². The normalized spacial score (nSPS) is 10.3. The second kappa shape index (κ2) is 6.29. The van der Waals surface area contributed by atoms with E-state index in [4.69, 9.17) is 33.8 Å². The maximum Gasteiger partial charge on any atom is 0.195 e. The van der Waals surface area contributed by atoms with Gasteiger partial charge in [-0.1, -0.05) is 35.0 Å². The van der Waals surface area contributed by atoms with Gasteiger partial charge in [-0.2, -0.15) is 0 Å². The van der Waals surface area contributed by atoms with Crippen molar-refractivity contribution in [2.75, 3.05) is 12.5 Å². The zero-order chi connectivity index (χ0) is 13.8. The van der Waals surface area contributed by atoms with E-state index in [2.05, 4.69) is 15.4 Å². The van der Waals surface area contributed by atoms with E-state index in [0.29, 0.717) is 26.6 Å². The van der Waals surface area contributed by atoms with Gasteiger partial charge in [0.2, 0.25) is 0 Å². The number of methoxy groups -OCH3 is 1. The number of hydrogen-bond donors (Lipinski definition) is 2. The summed E-state index contributed by atoms with van der Waals surface area (Å²) in [5, 5.41) is 1.62. The third kappa shape index (κ3) is 3.22. The molecule has 1 aromatic heterocycles. The fraction of sp³-hybridized carbons (Fsp3) is 0.0909. The van der Waals surface area contributed by atoms with E-state index in [1.54, 1.807) is 12.1 Å². The van der Waals surface area contributed by atoms with Gasteiger partial charge in [0, 0.05) is 4.90 Å². The van der Waals surface area contributed by atoms with Gasteiger partial charge in [0.15, 0.2) is 11.6 Å². The highest BCUT2D eigenvalue weighted by Crippen LogP contribution is 2.38. The second-order valence-corrected chi connectivity index (χ2v) is 5.26. The van der Waals surface area contributed by atoms with Crippen LogP contribution in [0.2, 0.25) is 10.0 Å². The minimum Gasteiger partial charge on any atom is -0.490 e. The van der Waals surface area contributed by atoms with E-state index in [1.165, 1.54) is 25.2 Å². The maximum absolute atomic E-state index is 5.97. The average molecular weight is 317 g/mol. The van der Waals surface area contributed by atoms with Gasteiger partial charge in [0.25, 0.3) is 0 Å². The molecule has 0 amide bonds. The Morgan fingerprint density at radius 3 is 2.68 bits per heavy atom. The summed E-state index contributed by atoms with van der Waals surface area (Å²) in [4.78, 5) is 9.01. The Balaban J connectivity index is 2.35. The largest absolute Gasteiger partial charge is 0.490 e. The number of hydrogen-bond acceptors (Lipinski definition) is 6. The van der Waals surface area contributed by atoms with Crippen LogP contribution in [0, 0.1) is 0 Å². The summed E-state index contributed by atoms with van der Waals surface area (Å²) in [5.41, 5.74) is 2.46. The minimum absolute atomic E-state index is 0.417. The molecule has 0 aliphatic heterocycles. The lowest BCUT2D eigenvalue weighted by Gasteiger charge is -2.10. The summed E-state index contributed by atoms with van der Waals surface area (Å²) in [6.07, 6.45) is 1.40. The topological polar surface area (TPSA) is 73.1 Å². The Morgan fingerprint density at radius 1 is 1.26 bits per heavy atom. The van der Waals surface area contributed by atoms with Crippen molar-refractivity contribution in [1.29, 1.82) is 0 Å². The molecular weight excluding hydrogens is 307 g/mol. The quantitative estimate of drug-likeness (QED) is 0.512. The van der Waals surface area contributed by atoms with Crippen LogP contribution in [0.3, 0.4) is 0 Å². The highest BCUT2D eigenvalue weighted by atomic mass is 35.5. The van der Waals surface area contributed by atoms with Crippen LogP contribution in [0.15, 0.2) is 34.4 Å². The van der Waals surface area contributed by atoms with E-state index in [0.717, 1.165) is 4.90 Å². The number of rotatable bonds is 4. The number of halogens is 2. The van der Waals surface area contributed by atoms with Crippen LogP contribution < -0.4 is 16.0 Å². The summed E-state index contributed by atoms with van der Waals surface area (Å²) in [5.74, 6) is 6.25. The third-order valence-corrected chi connectivity index (χ3v) is 3.93. The van der Waals surface area contributed by atoms with Crippen LogP contribution in [0.4, 0.5) is 5.82 Å². The molecule has 0 spiro atoms. The molecule has 0 saturated carbocycles. The molecule has 2 rings (SSSR count). The number of benzene rings is 1. The Morgan fingerprint density at radius 2 is 2.05 bits per heavy atom. The Kier molecular flexibility index (Phi) is 4.71. The summed E-state index contributed by atoms with van der Waals surface area (Å²) in [6.45, 7) is 0. The number of nitrogen functional groups attached to an aromatic ring is 1. The molecule has 19 heavy (non-hydrogen) atoms. The standard InChI is InChI=1S/C11H10Cl2N4OS/c1-18-9-10(17-14)15-5-16-11(9)19-6-2-3-7(12)8(13)4-6/h2-5H,14H2,1H3,(H,15,16,17). The zero-order valence-corrected chi connectivity index (χ0v) is 12.2. The number of hydrazine groups is 1. The van der Waals surface area contributed by atoms with Crippen LogP contribution in [-0.2, 0) is 0 Å². The Hall–Kier alpha value is -1.21. The van der Waals surface area contributed by atoms with Gasteiger partial charge in [-0.25, -0.2) is 15.8 Å². The lowest BCUT2D eigenvalue weighted by Crippen LogP contribution is -2.10. The Labute approximate surface area is 124 Å². The van der Waals surface area contributed by atoms with Crippen LogP contribution in [0.1, 0.15) is 0 Å². The molecule has 0 aliphatic carbocycles. The molecule has 0 bridgehead atoms. The van der Waals surface area contributed by atoms with Crippen molar-refractivity contribution in [2.45, 2.75) is 9.92 Å². The van der Waals surface area contributed by atoms with E-state index >= 15 is 0 Å². The van der Waals surface area contributed by atoms with Gasteiger partial charge in [-0.15, -0.1) is 0 Å². The molecule has 2 aromatic rings. The van der Waals surface area contributed by atoms with E-state index in [9.17, 15) is 0 Å². The van der Waals surface area contributed by atoms with Gasteiger partial charge >= 0.3 is 0 Å². The predicted molar refractivity (Wildman–Crippen MR) is 77.0 cm³/mol. The number of nitrogens with zero attached hydrogens (tertiary/aromatic N) is 2. The molecule has 1 heterocycles. The summed E-state index contributed by atoms with van der Waals surface area (Å²) in [7, 11) is 1.53. The molecule has 0 fully saturated rings. The van der Waals surface area contributed by atoms with Crippen LogP contribution in [0.25, 0.3) is 0 Å². The number of aromatic nitrogens is 2. The molecule has 1 aromatic carbocycles. The smallest absolute Gasteiger partial charge is 0.195 e. The third-order valence-electron chi connectivity index (χ3n) is 2.22. The average Bonchev–Trinajstić information content (AvgIpc) is 2.42. The predicted octanol–water partition coefficient (Wildman–Crippen LogP) is 3.23. The zero-order valence-electron chi connectivity index (χ0n) is 9.85. The molecule has 5 nitrogen and oxygen atoms in total. The molecule has 8 heteroatoms. The van der Waals surface area contributed by atoms with Crippen LogP contribution >= 0.6 is 35.0 Å². The lowest BCUT2D eigenvalue weighted by atomic mass is 10.4. The van der Waals surface area contributed by atoms with Gasteiger partial charge in [-0.05, 0) is 18.2 Å². The van der Waals surface area contributed by atoms with Crippen molar-refractivity contribution < 1.29 is 4.74 Å². The van der Waals surface area contributed by atoms with Crippen molar-refractivity contribution in [3.63, 3.8) is 0 Å². The summed E-state index contributed by atoms with van der Waals surface area (Å²) < 4.78 is 5.25. The Bertz CT molecular complexity index is 597. The van der Waals surface area contributed by atoms with Crippen molar-refractivity contribution in [1.82, 2.24) is 9.97 Å². The number of nitrogens with one attached hydrogen (secondary N) is 1. The van der Waals surface area contributed by atoms with Gasteiger partial charge in [0.1, 0.15) is 11.4 Å². The molecule has 0 saturated heterocycles. The lowest BCUT2D eigenvalue weighted by molar-refractivity contribution is 0.400. The first-order valence-corrected chi connectivity index (χ1v) is 6.71. The SMILES string of the molecule is COc1c(NN)ncnc1Sc1ccc(Cl)c(Cl)c1. The van der Waals surface area contributed by atoms with Crippen LogP contribution in [-0.4, -0.2) is 17.1 Å². The molecular formula is C11H10Cl2N4OS. The summed E-state index contributed by atoms with van der Waals surface area (Å²) in [6, 6.07) is 5.32. The molecule has 0 atom stereocenters. The van der Waals surface area contributed by atoms with Crippen molar-refractivity contribution in [3.8, 4) is 5.75 Å². The fourth-order valence-electron chi connectivity index (χ4n) is 1.37. The number of ether oxygens (including phenoxy) is 1. The fourth-order valence-corrected chi connectivity index (χ4v) is 2.64. The monoisotopic (exact) mass is 316 g/mol. The first-order valence-electron chi connectivity index (χ1n) is 5.14. The van der Waals surface area contributed by atoms with E-state index < -0.39 is 0 Å². The first-order chi connectivity index (χ1) is 9.15. The van der Waals surface area contributed by atoms with Crippen molar-refractivity contribution in [3.05, 3.63) is 34.6 Å². The van der Waals surface area contributed by atoms with Gasteiger partial charge in [-0.3, -0.25) is 0 Å². The summed E-state index contributed by atoms with van der Waals surface area (Å²) >= 11 is 13.2. The van der Waals surface area contributed by atoms with Crippen molar-refractivity contribution >= 4 is 40.8 Å².